The number of para-hydroxylation sites is 3. The van der Waals surface area contributed by atoms with Gasteiger partial charge in [-0.15, -0.1) is 0 Å². The molecule has 0 bridgehead atoms. The summed E-state index contributed by atoms with van der Waals surface area (Å²) in [6.07, 6.45) is 4.92. The molecule has 1 aliphatic carbocycles. The summed E-state index contributed by atoms with van der Waals surface area (Å²) in [5.41, 5.74) is 7.86. The van der Waals surface area contributed by atoms with Gasteiger partial charge in [-0.3, -0.25) is 14.4 Å². The summed E-state index contributed by atoms with van der Waals surface area (Å²) < 4.78 is 6.59. The molecule has 3 amide bonds. The van der Waals surface area contributed by atoms with Crippen LogP contribution in [0, 0.1) is 11.8 Å². The van der Waals surface area contributed by atoms with Crippen molar-refractivity contribution in [3.8, 4) is 5.75 Å². The molecule has 43 heavy (non-hydrogen) atoms. The van der Waals surface area contributed by atoms with Gasteiger partial charge in [-0.1, -0.05) is 31.5 Å². The number of aliphatic hydroxyl groups excluding tert-OH is 1. The van der Waals surface area contributed by atoms with Crippen molar-refractivity contribution in [2.45, 2.75) is 70.9 Å². The molecule has 1 fully saturated rings. The van der Waals surface area contributed by atoms with Gasteiger partial charge in [0.05, 0.1) is 35.3 Å². The smallest absolute Gasteiger partial charge is 0.258 e. The number of ether oxygens (including phenoxy) is 1. The lowest BCUT2D eigenvalue weighted by atomic mass is 9.99. The van der Waals surface area contributed by atoms with Crippen LogP contribution in [0.25, 0.3) is 0 Å². The Hall–Kier alpha value is -3.63. The average Bonchev–Trinajstić information content (AvgIpc) is 3.79. The number of likely N-dealkylation sites (N-methyl/N-ethyl adjacent to an activating group) is 1. The molecule has 3 atom stereocenters. The maximum absolute atomic E-state index is 13.7. The fourth-order valence-electron chi connectivity index (χ4n) is 5.47. The summed E-state index contributed by atoms with van der Waals surface area (Å²) in [7, 11) is 2.10. The van der Waals surface area contributed by atoms with E-state index in [0.29, 0.717) is 67.1 Å². The number of nitrogens with two attached hydrogens (primary N) is 1. The van der Waals surface area contributed by atoms with Crippen LogP contribution in [-0.4, -0.2) is 78.1 Å². The molecule has 1 saturated carbocycles. The highest BCUT2D eigenvalue weighted by molar-refractivity contribution is 6.01. The van der Waals surface area contributed by atoms with Gasteiger partial charge in [-0.25, -0.2) is 0 Å². The zero-order chi connectivity index (χ0) is 30.9. The molecule has 2 aromatic carbocycles. The van der Waals surface area contributed by atoms with Crippen molar-refractivity contribution in [3.05, 3.63) is 48.0 Å². The molecule has 0 spiro atoms. The first-order valence-corrected chi connectivity index (χ1v) is 15.5. The second-order valence-electron chi connectivity index (χ2n) is 12.2. The van der Waals surface area contributed by atoms with E-state index in [1.54, 1.807) is 35.2 Å². The van der Waals surface area contributed by atoms with Gasteiger partial charge in [0.2, 0.25) is 11.8 Å². The summed E-state index contributed by atoms with van der Waals surface area (Å²) in [6, 6.07) is 12.0. The quantitative estimate of drug-likeness (QED) is 0.189. The summed E-state index contributed by atoms with van der Waals surface area (Å²) in [5.74, 6) is 0.615. The van der Waals surface area contributed by atoms with Crippen LogP contribution in [0.2, 0.25) is 0 Å². The van der Waals surface area contributed by atoms with Crippen molar-refractivity contribution in [1.82, 2.24) is 9.80 Å². The Bertz CT molecular complexity index is 1270. The summed E-state index contributed by atoms with van der Waals surface area (Å²) >= 11 is 0. The number of carbonyl (C=O) groups excluding carboxylic acids is 3. The maximum Gasteiger partial charge on any atom is 0.258 e. The first kappa shape index (κ1) is 32.3. The summed E-state index contributed by atoms with van der Waals surface area (Å²) in [4.78, 5) is 42.9. The normalized spacial score (nSPS) is 19.2. The molecule has 10 nitrogen and oxygen atoms in total. The number of fused-ring (bicyclic) bond motifs is 1. The molecular formula is C33H47N5O5. The third kappa shape index (κ3) is 9.18. The van der Waals surface area contributed by atoms with Crippen molar-refractivity contribution in [1.29, 1.82) is 0 Å². The average molecular weight is 594 g/mol. The van der Waals surface area contributed by atoms with Gasteiger partial charge in [-0.2, -0.15) is 0 Å². The first-order valence-electron chi connectivity index (χ1n) is 15.5. The van der Waals surface area contributed by atoms with Crippen molar-refractivity contribution >= 4 is 34.8 Å². The van der Waals surface area contributed by atoms with Crippen LogP contribution in [0.5, 0.6) is 5.75 Å². The molecule has 0 aromatic heterocycles. The summed E-state index contributed by atoms with van der Waals surface area (Å²) in [6.45, 7) is 5.94. The molecule has 10 heteroatoms. The van der Waals surface area contributed by atoms with Gasteiger partial charge in [0, 0.05) is 38.4 Å². The Morgan fingerprint density at radius 2 is 1.67 bits per heavy atom. The van der Waals surface area contributed by atoms with Crippen molar-refractivity contribution < 1.29 is 24.2 Å². The monoisotopic (exact) mass is 593 g/mol. The van der Waals surface area contributed by atoms with E-state index in [0.717, 1.165) is 12.5 Å². The lowest BCUT2D eigenvalue weighted by Crippen LogP contribution is -2.50. The van der Waals surface area contributed by atoms with Gasteiger partial charge in [0.1, 0.15) is 6.10 Å². The van der Waals surface area contributed by atoms with E-state index < -0.39 is 0 Å². The fraction of sp³-hybridized carbons (Fsp3) is 0.545. The highest BCUT2D eigenvalue weighted by atomic mass is 16.5. The predicted octanol–water partition coefficient (Wildman–Crippen LogP) is 4.36. The maximum atomic E-state index is 13.7. The van der Waals surface area contributed by atoms with E-state index in [2.05, 4.69) is 29.5 Å². The molecule has 5 N–H and O–H groups in total. The molecule has 1 aliphatic heterocycles. The highest BCUT2D eigenvalue weighted by Crippen LogP contribution is 2.36. The number of unbranched alkanes of at least 4 members (excludes halogenated alkanes) is 2. The molecule has 0 saturated heterocycles. The van der Waals surface area contributed by atoms with Gasteiger partial charge in [0.25, 0.3) is 5.91 Å². The van der Waals surface area contributed by atoms with E-state index in [1.807, 2.05) is 19.1 Å². The number of nitrogens with one attached hydrogen (secondary N) is 2. The number of anilines is 3. The Morgan fingerprint density at radius 3 is 2.33 bits per heavy atom. The SMILES string of the molecule is C[C@H]1CN([C@@H](C)CO)C(=O)c2cccc(NC(=O)CCCCCC(=O)Nc3ccccc3N)c2O[C@H]1CN(C)CC1CC1. The third-order valence-electron chi connectivity index (χ3n) is 8.27. The lowest BCUT2D eigenvalue weighted by molar-refractivity contribution is -0.116. The zero-order valence-electron chi connectivity index (χ0n) is 25.7. The van der Waals surface area contributed by atoms with E-state index >= 15 is 0 Å². The zero-order valence-corrected chi connectivity index (χ0v) is 25.7. The number of hydrogen-bond donors (Lipinski definition) is 4. The van der Waals surface area contributed by atoms with E-state index in [9.17, 15) is 19.5 Å². The molecule has 0 radical (unpaired) electrons. The number of nitrogen functional groups attached to an aromatic ring is 1. The van der Waals surface area contributed by atoms with Crippen LogP contribution in [0.4, 0.5) is 17.1 Å². The van der Waals surface area contributed by atoms with Crippen LogP contribution in [0.3, 0.4) is 0 Å². The number of amides is 3. The molecule has 0 unspecified atom stereocenters. The highest BCUT2D eigenvalue weighted by Gasteiger charge is 2.35. The topological polar surface area (TPSA) is 137 Å². The number of hydrogen-bond acceptors (Lipinski definition) is 7. The van der Waals surface area contributed by atoms with Crippen LogP contribution in [0.1, 0.15) is 69.2 Å². The minimum absolute atomic E-state index is 0.00652. The first-order chi connectivity index (χ1) is 20.7. The van der Waals surface area contributed by atoms with Crippen molar-refractivity contribution in [3.63, 3.8) is 0 Å². The van der Waals surface area contributed by atoms with Crippen LogP contribution >= 0.6 is 0 Å². The second-order valence-corrected chi connectivity index (χ2v) is 12.2. The van der Waals surface area contributed by atoms with Gasteiger partial charge in [0.15, 0.2) is 5.75 Å². The fourth-order valence-corrected chi connectivity index (χ4v) is 5.47. The molecule has 2 aliphatic rings. The van der Waals surface area contributed by atoms with Crippen molar-refractivity contribution in [2.24, 2.45) is 11.8 Å². The predicted molar refractivity (Wildman–Crippen MR) is 169 cm³/mol. The van der Waals surface area contributed by atoms with Gasteiger partial charge in [-0.05, 0) is 69.8 Å². The number of aliphatic hydroxyl groups is 1. The molecule has 2 aromatic rings. The Balaban J connectivity index is 1.38. The standard InChI is InChI=1S/C33H47N5O5/c1-22-18-38(23(2)21-39)33(42)25-10-9-13-28(32(25)43-29(22)20-37(3)19-24-16-17-24)36-31(41)15-6-4-5-14-30(40)35-27-12-8-7-11-26(27)34/h7-13,22-24,29,39H,4-6,14-21,34H2,1-3H3,(H,35,40)(H,36,41)/t22-,23-,29-/m0/s1. The molecule has 4 rings (SSSR count). The van der Waals surface area contributed by atoms with E-state index in [1.165, 1.54) is 12.8 Å². The minimum atomic E-state index is -0.351. The summed E-state index contributed by atoms with van der Waals surface area (Å²) in [5, 5.41) is 15.7. The van der Waals surface area contributed by atoms with Crippen LogP contribution in [0.15, 0.2) is 42.5 Å². The second kappa shape index (κ2) is 15.2. The van der Waals surface area contributed by atoms with Crippen LogP contribution < -0.4 is 21.1 Å². The number of nitrogens with zero attached hydrogens (tertiary/aromatic N) is 2. The third-order valence-corrected chi connectivity index (χ3v) is 8.27. The molecule has 234 valence electrons. The number of benzene rings is 2. The molecular weight excluding hydrogens is 546 g/mol. The minimum Gasteiger partial charge on any atom is -0.486 e. The largest absolute Gasteiger partial charge is 0.486 e. The van der Waals surface area contributed by atoms with Crippen LogP contribution in [-0.2, 0) is 9.59 Å². The Morgan fingerprint density at radius 1 is 1.02 bits per heavy atom. The van der Waals surface area contributed by atoms with Gasteiger partial charge >= 0.3 is 0 Å². The Kier molecular flexibility index (Phi) is 11.4. The lowest BCUT2D eigenvalue weighted by Gasteiger charge is -2.38. The van der Waals surface area contributed by atoms with E-state index in [-0.39, 0.29) is 48.8 Å². The van der Waals surface area contributed by atoms with E-state index in [4.69, 9.17) is 10.5 Å². The Labute approximate surface area is 254 Å². The molecule has 1 heterocycles. The van der Waals surface area contributed by atoms with Crippen molar-refractivity contribution in [2.75, 3.05) is 49.7 Å². The number of carbonyl (C=O) groups is 3. The van der Waals surface area contributed by atoms with Gasteiger partial charge < -0.3 is 36.0 Å². The number of rotatable bonds is 14.